The van der Waals surface area contributed by atoms with Gasteiger partial charge >= 0.3 is 0 Å². The van der Waals surface area contributed by atoms with E-state index in [2.05, 4.69) is 9.97 Å². The van der Waals surface area contributed by atoms with Crippen LogP contribution in [0.25, 0.3) is 11.2 Å². The molecule has 0 radical (unpaired) electrons. The van der Waals surface area contributed by atoms with Crippen LogP contribution >= 0.6 is 0 Å². The zero-order chi connectivity index (χ0) is 18.8. The van der Waals surface area contributed by atoms with Crippen LogP contribution in [0.2, 0.25) is 0 Å². The quantitative estimate of drug-likeness (QED) is 0.767. The van der Waals surface area contributed by atoms with Crippen molar-refractivity contribution in [3.05, 3.63) is 60.0 Å². The molecule has 2 amide bonds. The maximum Gasteiger partial charge on any atom is 0.256 e. The number of nitrogens with two attached hydrogens (primary N) is 1. The number of hydrogen-bond acceptors (Lipinski definition) is 4. The van der Waals surface area contributed by atoms with E-state index < -0.39 is 11.9 Å². The first kappa shape index (κ1) is 17.2. The van der Waals surface area contributed by atoms with Gasteiger partial charge < -0.3 is 15.2 Å². The second-order valence-electron chi connectivity index (χ2n) is 6.84. The minimum absolute atomic E-state index is 0.217. The van der Waals surface area contributed by atoms with Crippen molar-refractivity contribution < 1.29 is 9.59 Å². The van der Waals surface area contributed by atoms with Gasteiger partial charge in [-0.1, -0.05) is 30.3 Å². The average molecular weight is 363 g/mol. The van der Waals surface area contributed by atoms with E-state index in [1.165, 1.54) is 0 Å². The summed E-state index contributed by atoms with van der Waals surface area (Å²) in [5.74, 6) is -0.672. The summed E-state index contributed by atoms with van der Waals surface area (Å²) >= 11 is 0. The minimum Gasteiger partial charge on any atom is -0.368 e. The van der Waals surface area contributed by atoms with E-state index in [0.717, 1.165) is 24.1 Å². The summed E-state index contributed by atoms with van der Waals surface area (Å²) in [5, 5.41) is 0. The summed E-state index contributed by atoms with van der Waals surface area (Å²) in [5.41, 5.74) is 8.44. The summed E-state index contributed by atoms with van der Waals surface area (Å²) in [6.07, 6.45) is 5.67. The lowest BCUT2D eigenvalue weighted by molar-refractivity contribution is -0.123. The van der Waals surface area contributed by atoms with Crippen LogP contribution in [0.3, 0.4) is 0 Å². The lowest BCUT2D eigenvalue weighted by Gasteiger charge is -2.33. The molecule has 3 heterocycles. The molecule has 27 heavy (non-hydrogen) atoms. The molecular formula is C20H21N5O2. The lowest BCUT2D eigenvalue weighted by atomic mass is 10.0. The number of carbonyl (C=O) groups excluding carboxylic acids is 2. The van der Waals surface area contributed by atoms with Crippen molar-refractivity contribution in [2.24, 2.45) is 5.73 Å². The van der Waals surface area contributed by atoms with Gasteiger partial charge in [0.05, 0.1) is 18.4 Å². The fourth-order valence-electron chi connectivity index (χ4n) is 3.60. The Bertz CT molecular complexity index is 982. The van der Waals surface area contributed by atoms with E-state index in [1.807, 2.05) is 34.9 Å². The number of benzene rings is 1. The number of imidazole rings is 1. The zero-order valence-corrected chi connectivity index (χ0v) is 14.9. The molecule has 2 aromatic heterocycles. The molecule has 1 atom stereocenters. The standard InChI is InChI=1S/C20H21N5O2/c21-18(26)17-8-4-5-9-25(17)20(27)15-10-16-19(22-11-15)24(13-23-16)12-14-6-2-1-3-7-14/h1-3,6-7,10-11,13,17H,4-5,8-9,12H2,(H2,21,26). The van der Waals surface area contributed by atoms with Crippen LogP contribution in [-0.4, -0.2) is 43.8 Å². The molecule has 1 saturated heterocycles. The average Bonchev–Trinajstić information content (AvgIpc) is 3.10. The molecule has 1 aromatic carbocycles. The number of carbonyl (C=O) groups is 2. The van der Waals surface area contributed by atoms with E-state index >= 15 is 0 Å². The first-order valence-electron chi connectivity index (χ1n) is 9.08. The van der Waals surface area contributed by atoms with Crippen molar-refractivity contribution in [2.75, 3.05) is 6.54 Å². The maximum absolute atomic E-state index is 12.9. The fraction of sp³-hybridized carbons (Fsp3) is 0.300. The van der Waals surface area contributed by atoms with E-state index in [-0.39, 0.29) is 5.91 Å². The van der Waals surface area contributed by atoms with Gasteiger partial charge in [-0.25, -0.2) is 9.97 Å². The fourth-order valence-corrected chi connectivity index (χ4v) is 3.60. The molecule has 2 N–H and O–H groups in total. The van der Waals surface area contributed by atoms with Gasteiger partial charge in [0.2, 0.25) is 5.91 Å². The van der Waals surface area contributed by atoms with Gasteiger partial charge in [0, 0.05) is 12.7 Å². The molecule has 1 fully saturated rings. The third kappa shape index (κ3) is 3.40. The molecule has 1 unspecified atom stereocenters. The predicted molar refractivity (Wildman–Crippen MR) is 101 cm³/mol. The van der Waals surface area contributed by atoms with Gasteiger partial charge in [-0.05, 0) is 30.9 Å². The highest BCUT2D eigenvalue weighted by Crippen LogP contribution is 2.21. The van der Waals surface area contributed by atoms with Crippen molar-refractivity contribution in [3.63, 3.8) is 0 Å². The number of pyridine rings is 1. The molecule has 138 valence electrons. The largest absolute Gasteiger partial charge is 0.368 e. The highest BCUT2D eigenvalue weighted by molar-refractivity contribution is 5.99. The number of piperidine rings is 1. The molecule has 0 bridgehead atoms. The van der Waals surface area contributed by atoms with E-state index in [9.17, 15) is 9.59 Å². The van der Waals surface area contributed by atoms with E-state index in [4.69, 9.17) is 5.73 Å². The summed E-state index contributed by atoms with van der Waals surface area (Å²) in [7, 11) is 0. The second-order valence-corrected chi connectivity index (χ2v) is 6.84. The Kier molecular flexibility index (Phi) is 4.58. The number of primary amides is 1. The Balaban J connectivity index is 1.60. The molecule has 4 rings (SSSR count). The zero-order valence-electron chi connectivity index (χ0n) is 14.9. The van der Waals surface area contributed by atoms with Crippen LogP contribution in [0, 0.1) is 0 Å². The van der Waals surface area contributed by atoms with Crippen LogP contribution in [0.15, 0.2) is 48.9 Å². The number of likely N-dealkylation sites (tertiary alicyclic amines) is 1. The monoisotopic (exact) mass is 363 g/mol. The van der Waals surface area contributed by atoms with Crippen LogP contribution < -0.4 is 5.73 Å². The summed E-state index contributed by atoms with van der Waals surface area (Å²) in [4.78, 5) is 35.0. The molecule has 1 aliphatic rings. The van der Waals surface area contributed by atoms with Crippen molar-refractivity contribution >= 4 is 23.0 Å². The molecular weight excluding hydrogens is 342 g/mol. The van der Waals surface area contributed by atoms with Crippen molar-refractivity contribution in [2.45, 2.75) is 31.8 Å². The Morgan fingerprint density at radius 2 is 1.96 bits per heavy atom. The summed E-state index contributed by atoms with van der Waals surface area (Å²) < 4.78 is 1.95. The molecule has 3 aromatic rings. The normalized spacial score (nSPS) is 17.2. The van der Waals surface area contributed by atoms with Crippen LogP contribution in [-0.2, 0) is 11.3 Å². The number of hydrogen-bond donors (Lipinski definition) is 1. The van der Waals surface area contributed by atoms with E-state index in [0.29, 0.717) is 30.6 Å². The maximum atomic E-state index is 12.9. The first-order valence-corrected chi connectivity index (χ1v) is 9.08. The van der Waals surface area contributed by atoms with Crippen LogP contribution in [0.4, 0.5) is 0 Å². The number of nitrogens with zero attached hydrogens (tertiary/aromatic N) is 4. The predicted octanol–water partition coefficient (Wildman–Crippen LogP) is 1.96. The van der Waals surface area contributed by atoms with Gasteiger partial charge in [-0.3, -0.25) is 9.59 Å². The molecule has 1 aliphatic heterocycles. The van der Waals surface area contributed by atoms with Gasteiger partial charge in [-0.2, -0.15) is 0 Å². The summed E-state index contributed by atoms with van der Waals surface area (Å²) in [6, 6.07) is 11.2. The van der Waals surface area contributed by atoms with Gasteiger partial charge in [0.15, 0.2) is 5.65 Å². The number of fused-ring (bicyclic) bond motifs is 1. The molecule has 7 nitrogen and oxygen atoms in total. The van der Waals surface area contributed by atoms with Gasteiger partial charge in [0.25, 0.3) is 5.91 Å². The highest BCUT2D eigenvalue weighted by atomic mass is 16.2. The minimum atomic E-state index is -0.544. The van der Waals surface area contributed by atoms with Crippen molar-refractivity contribution in [1.82, 2.24) is 19.4 Å². The molecule has 0 aliphatic carbocycles. The Morgan fingerprint density at radius 3 is 2.74 bits per heavy atom. The van der Waals surface area contributed by atoms with Gasteiger partial charge in [0.1, 0.15) is 11.6 Å². The Labute approximate surface area is 156 Å². The highest BCUT2D eigenvalue weighted by Gasteiger charge is 2.31. The molecule has 0 spiro atoms. The lowest BCUT2D eigenvalue weighted by Crippen LogP contribution is -2.50. The second kappa shape index (κ2) is 7.19. The van der Waals surface area contributed by atoms with Crippen LogP contribution in [0.1, 0.15) is 35.2 Å². The molecule has 7 heteroatoms. The van der Waals surface area contributed by atoms with E-state index in [1.54, 1.807) is 23.5 Å². The number of amides is 2. The SMILES string of the molecule is NC(=O)C1CCCCN1C(=O)c1cnc2c(c1)ncn2Cc1ccccc1. The topological polar surface area (TPSA) is 94.1 Å². The number of aromatic nitrogens is 3. The molecule has 0 saturated carbocycles. The van der Waals surface area contributed by atoms with Gasteiger partial charge in [-0.15, -0.1) is 0 Å². The first-order chi connectivity index (χ1) is 13.1. The smallest absolute Gasteiger partial charge is 0.256 e. The Hall–Kier alpha value is -3.22. The third-order valence-corrected chi connectivity index (χ3v) is 4.99. The number of rotatable bonds is 4. The van der Waals surface area contributed by atoms with Crippen molar-refractivity contribution in [3.8, 4) is 0 Å². The van der Waals surface area contributed by atoms with Crippen LogP contribution in [0.5, 0.6) is 0 Å². The summed E-state index contributed by atoms with van der Waals surface area (Å²) in [6.45, 7) is 1.19. The third-order valence-electron chi connectivity index (χ3n) is 4.99. The van der Waals surface area contributed by atoms with Crippen molar-refractivity contribution in [1.29, 1.82) is 0 Å². The Morgan fingerprint density at radius 1 is 1.15 bits per heavy atom.